The second-order valence-electron chi connectivity index (χ2n) is 8.62. The average molecular weight is 532 g/mol. The molecule has 0 unspecified atom stereocenters. The van der Waals surface area contributed by atoms with Crippen LogP contribution in [0.4, 0.5) is 15.8 Å². The number of halogens is 1. The Morgan fingerprint density at radius 1 is 0.846 bits per heavy atom. The van der Waals surface area contributed by atoms with Crippen LogP contribution in [-0.2, 0) is 9.59 Å². The number of amides is 2. The zero-order valence-corrected chi connectivity index (χ0v) is 21.1. The Labute approximate surface area is 223 Å². The number of aromatic carboxylic acids is 1. The first kappa shape index (κ1) is 27.1. The SMILES string of the molecule is COc1cc2c(Oc3ccc(NC(=O)CCCCC(=O)Nc4ccc(F)cc4)cc3)ccnc2cc1C(=O)O. The number of fused-ring (bicyclic) bond motifs is 1. The van der Waals surface area contributed by atoms with Crippen molar-refractivity contribution in [3.05, 3.63) is 84.3 Å². The van der Waals surface area contributed by atoms with Crippen molar-refractivity contribution in [3.63, 3.8) is 0 Å². The fourth-order valence-electron chi connectivity index (χ4n) is 3.86. The third-order valence-corrected chi connectivity index (χ3v) is 5.80. The molecule has 4 aromatic rings. The number of carbonyl (C=O) groups excluding carboxylic acids is 2. The number of ether oxygens (including phenoxy) is 2. The first-order chi connectivity index (χ1) is 18.8. The lowest BCUT2D eigenvalue weighted by atomic mass is 10.1. The van der Waals surface area contributed by atoms with Gasteiger partial charge in [0.2, 0.25) is 11.8 Å². The highest BCUT2D eigenvalue weighted by Crippen LogP contribution is 2.33. The maximum Gasteiger partial charge on any atom is 0.339 e. The molecule has 10 heteroatoms. The number of carbonyl (C=O) groups is 3. The van der Waals surface area contributed by atoms with Gasteiger partial charge in [-0.3, -0.25) is 14.6 Å². The van der Waals surface area contributed by atoms with Crippen molar-refractivity contribution in [2.24, 2.45) is 0 Å². The van der Waals surface area contributed by atoms with Crippen LogP contribution in [-0.4, -0.2) is 35.0 Å². The first-order valence-electron chi connectivity index (χ1n) is 12.2. The monoisotopic (exact) mass is 531 g/mol. The summed E-state index contributed by atoms with van der Waals surface area (Å²) in [7, 11) is 1.39. The van der Waals surface area contributed by atoms with Crippen LogP contribution in [0.15, 0.2) is 72.9 Å². The summed E-state index contributed by atoms with van der Waals surface area (Å²) >= 11 is 0. The van der Waals surface area contributed by atoms with Gasteiger partial charge in [-0.25, -0.2) is 9.18 Å². The maximum absolute atomic E-state index is 12.9. The highest BCUT2D eigenvalue weighted by Gasteiger charge is 2.15. The number of nitrogens with one attached hydrogen (secondary N) is 2. The second kappa shape index (κ2) is 12.5. The molecule has 1 heterocycles. The normalized spacial score (nSPS) is 10.6. The lowest BCUT2D eigenvalue weighted by Gasteiger charge is -2.12. The van der Waals surface area contributed by atoms with Crippen LogP contribution in [0.1, 0.15) is 36.0 Å². The minimum atomic E-state index is -1.12. The largest absolute Gasteiger partial charge is 0.496 e. The van der Waals surface area contributed by atoms with Crippen LogP contribution >= 0.6 is 0 Å². The van der Waals surface area contributed by atoms with Crippen molar-refractivity contribution in [1.29, 1.82) is 0 Å². The molecule has 0 atom stereocenters. The molecule has 4 rings (SSSR count). The summed E-state index contributed by atoms with van der Waals surface area (Å²) < 4.78 is 24.1. The van der Waals surface area contributed by atoms with Gasteiger partial charge in [0.25, 0.3) is 0 Å². The molecular weight excluding hydrogens is 505 g/mol. The summed E-state index contributed by atoms with van der Waals surface area (Å²) in [5.41, 5.74) is 1.56. The number of rotatable bonds is 11. The molecule has 3 N–H and O–H groups in total. The van der Waals surface area contributed by atoms with E-state index in [1.54, 1.807) is 36.4 Å². The minimum absolute atomic E-state index is 0.00279. The van der Waals surface area contributed by atoms with Gasteiger partial charge in [0, 0.05) is 35.8 Å². The molecule has 200 valence electrons. The predicted octanol–water partition coefficient (Wildman–Crippen LogP) is 6.01. The summed E-state index contributed by atoms with van der Waals surface area (Å²) in [6.45, 7) is 0. The van der Waals surface area contributed by atoms with E-state index < -0.39 is 5.97 Å². The van der Waals surface area contributed by atoms with E-state index in [2.05, 4.69) is 15.6 Å². The standard InChI is InChI=1S/C29H26FN3O6/c1-38-26-17-22-24(16-23(26)29(36)37)31-15-14-25(22)39-21-12-10-20(11-13-21)33-28(35)5-3-2-4-27(34)32-19-8-6-18(30)7-9-19/h6-17H,2-5H2,1H3,(H,32,34)(H,33,35)(H,36,37). The number of benzene rings is 3. The van der Waals surface area contributed by atoms with Crippen LogP contribution in [0.2, 0.25) is 0 Å². The van der Waals surface area contributed by atoms with Gasteiger partial charge in [-0.15, -0.1) is 0 Å². The molecule has 0 saturated heterocycles. The number of methoxy groups -OCH3 is 1. The number of unbranched alkanes of at least 4 members (excludes halogenated alkanes) is 1. The van der Waals surface area contributed by atoms with E-state index >= 15 is 0 Å². The zero-order chi connectivity index (χ0) is 27.8. The van der Waals surface area contributed by atoms with Crippen LogP contribution in [0, 0.1) is 5.82 Å². The molecule has 39 heavy (non-hydrogen) atoms. The molecule has 0 fully saturated rings. The molecule has 1 aromatic heterocycles. The summed E-state index contributed by atoms with van der Waals surface area (Å²) in [6.07, 6.45) is 3.10. The molecule has 3 aromatic carbocycles. The Bertz CT molecular complexity index is 1490. The number of hydrogen-bond acceptors (Lipinski definition) is 6. The van der Waals surface area contributed by atoms with Gasteiger partial charge < -0.3 is 25.2 Å². The van der Waals surface area contributed by atoms with Gasteiger partial charge in [-0.2, -0.15) is 0 Å². The molecule has 0 spiro atoms. The highest BCUT2D eigenvalue weighted by molar-refractivity contribution is 5.98. The third-order valence-electron chi connectivity index (χ3n) is 5.80. The molecule has 2 amide bonds. The van der Waals surface area contributed by atoms with E-state index in [4.69, 9.17) is 9.47 Å². The van der Waals surface area contributed by atoms with Crippen molar-refractivity contribution in [2.45, 2.75) is 25.7 Å². The zero-order valence-electron chi connectivity index (χ0n) is 21.1. The van der Waals surface area contributed by atoms with E-state index in [1.807, 2.05) is 0 Å². The number of aromatic nitrogens is 1. The molecule has 0 bridgehead atoms. The van der Waals surface area contributed by atoms with E-state index in [0.717, 1.165) is 0 Å². The Morgan fingerprint density at radius 3 is 2.00 bits per heavy atom. The Morgan fingerprint density at radius 2 is 1.44 bits per heavy atom. The van der Waals surface area contributed by atoms with Gasteiger partial charge in [0.1, 0.15) is 28.6 Å². The van der Waals surface area contributed by atoms with Gasteiger partial charge in [-0.05, 0) is 79.6 Å². The fourth-order valence-corrected chi connectivity index (χ4v) is 3.86. The Hall–Kier alpha value is -4.99. The van der Waals surface area contributed by atoms with E-state index in [9.17, 15) is 23.9 Å². The third kappa shape index (κ3) is 7.29. The Balaban J connectivity index is 1.27. The van der Waals surface area contributed by atoms with Gasteiger partial charge >= 0.3 is 5.97 Å². The lowest BCUT2D eigenvalue weighted by Crippen LogP contribution is -2.13. The molecule has 0 aliphatic rings. The number of carboxylic acids is 1. The van der Waals surface area contributed by atoms with Crippen molar-refractivity contribution in [3.8, 4) is 17.2 Å². The highest BCUT2D eigenvalue weighted by atomic mass is 19.1. The van der Waals surface area contributed by atoms with Crippen molar-refractivity contribution >= 4 is 40.1 Å². The molecule has 0 radical (unpaired) electrons. The Kier molecular flexibility index (Phi) is 8.67. The minimum Gasteiger partial charge on any atom is -0.496 e. The van der Waals surface area contributed by atoms with Crippen molar-refractivity contribution < 1.29 is 33.4 Å². The van der Waals surface area contributed by atoms with E-state index in [1.165, 1.54) is 43.6 Å². The maximum atomic E-state index is 12.9. The van der Waals surface area contributed by atoms with Crippen LogP contribution in [0.3, 0.4) is 0 Å². The fraction of sp³-hybridized carbons (Fsp3) is 0.172. The van der Waals surface area contributed by atoms with Crippen LogP contribution in [0.5, 0.6) is 17.2 Å². The van der Waals surface area contributed by atoms with Crippen molar-refractivity contribution in [2.75, 3.05) is 17.7 Å². The van der Waals surface area contributed by atoms with Gasteiger partial charge in [0.05, 0.1) is 12.6 Å². The smallest absolute Gasteiger partial charge is 0.339 e. The second-order valence-corrected chi connectivity index (χ2v) is 8.62. The molecule has 9 nitrogen and oxygen atoms in total. The number of pyridine rings is 1. The van der Waals surface area contributed by atoms with Crippen LogP contribution in [0.25, 0.3) is 10.9 Å². The molecule has 0 aliphatic heterocycles. The summed E-state index contributed by atoms with van der Waals surface area (Å²) in [6, 6.07) is 17.0. The number of nitrogens with zero attached hydrogens (tertiary/aromatic N) is 1. The number of carboxylic acid groups (broad SMARTS) is 1. The first-order valence-corrected chi connectivity index (χ1v) is 12.2. The van der Waals surface area contributed by atoms with Crippen LogP contribution < -0.4 is 20.1 Å². The summed E-state index contributed by atoms with van der Waals surface area (Å²) in [4.78, 5) is 40.0. The average Bonchev–Trinajstić information content (AvgIpc) is 2.93. The van der Waals surface area contributed by atoms with E-state index in [-0.39, 0.29) is 41.8 Å². The number of anilines is 2. The summed E-state index contributed by atoms with van der Waals surface area (Å²) in [5, 5.41) is 15.5. The van der Waals surface area contributed by atoms with Crippen molar-refractivity contribution in [1.82, 2.24) is 4.98 Å². The molecular formula is C29H26FN3O6. The van der Waals surface area contributed by atoms with Gasteiger partial charge in [-0.1, -0.05) is 0 Å². The van der Waals surface area contributed by atoms with E-state index in [0.29, 0.717) is 46.6 Å². The number of hydrogen-bond donors (Lipinski definition) is 3. The van der Waals surface area contributed by atoms with Gasteiger partial charge in [0.15, 0.2) is 0 Å². The summed E-state index contributed by atoms with van der Waals surface area (Å²) in [5.74, 6) is -0.692. The topological polar surface area (TPSA) is 127 Å². The molecule has 0 aliphatic carbocycles. The lowest BCUT2D eigenvalue weighted by molar-refractivity contribution is -0.118. The predicted molar refractivity (Wildman–Crippen MR) is 144 cm³/mol. The molecule has 0 saturated carbocycles. The quantitative estimate of drug-likeness (QED) is 0.202.